The number of halogens is 1. The minimum Gasteiger partial charge on any atom is -0.355 e. The van der Waals surface area contributed by atoms with Crippen LogP contribution in [0, 0.1) is 5.41 Å². The van der Waals surface area contributed by atoms with E-state index in [1.807, 2.05) is 24.3 Å². The number of amides is 1. The van der Waals surface area contributed by atoms with E-state index in [2.05, 4.69) is 32.8 Å². The van der Waals surface area contributed by atoms with Gasteiger partial charge in [0.15, 0.2) is 0 Å². The van der Waals surface area contributed by atoms with Crippen molar-refractivity contribution in [2.75, 3.05) is 32.0 Å². The number of rotatable bonds is 6. The third-order valence-electron chi connectivity index (χ3n) is 5.83. The monoisotopic (exact) mass is 443 g/mol. The van der Waals surface area contributed by atoms with Crippen LogP contribution in [-0.4, -0.2) is 42.6 Å². The molecule has 0 bridgehead atoms. The molecule has 30 heavy (non-hydrogen) atoms. The summed E-state index contributed by atoms with van der Waals surface area (Å²) in [5, 5.41) is 10.9. The molecule has 1 fully saturated rings. The number of benzene rings is 1. The third-order valence-corrected chi connectivity index (χ3v) is 7.22. The predicted octanol–water partition coefficient (Wildman–Crippen LogP) is 4.56. The minimum atomic E-state index is -0.104. The summed E-state index contributed by atoms with van der Waals surface area (Å²) < 4.78 is 1.02. The van der Waals surface area contributed by atoms with Gasteiger partial charge in [-0.25, -0.2) is 9.97 Å². The first-order valence-electron chi connectivity index (χ1n) is 10.2. The molecule has 0 radical (unpaired) electrons. The number of carbonyl (C=O) groups is 1. The van der Waals surface area contributed by atoms with Gasteiger partial charge in [0.25, 0.3) is 5.91 Å². The van der Waals surface area contributed by atoms with Crippen LogP contribution in [0.5, 0.6) is 0 Å². The van der Waals surface area contributed by atoms with Gasteiger partial charge < -0.3 is 16.0 Å². The lowest BCUT2D eigenvalue weighted by Crippen LogP contribution is -2.35. The molecule has 3 aromatic rings. The van der Waals surface area contributed by atoms with Crippen LogP contribution in [0.4, 0.5) is 5.95 Å². The second-order valence-corrected chi connectivity index (χ2v) is 9.53. The molecule has 158 valence electrons. The van der Waals surface area contributed by atoms with Gasteiger partial charge in [0.1, 0.15) is 5.69 Å². The molecule has 4 rings (SSSR count). The van der Waals surface area contributed by atoms with E-state index in [0.29, 0.717) is 27.6 Å². The highest BCUT2D eigenvalue weighted by Gasteiger charge is 2.26. The maximum Gasteiger partial charge on any atom is 0.251 e. The predicted molar refractivity (Wildman–Crippen MR) is 125 cm³/mol. The number of nitrogens with zero attached hydrogens (tertiary/aromatic N) is 2. The lowest BCUT2D eigenvalue weighted by Gasteiger charge is -2.34. The summed E-state index contributed by atoms with van der Waals surface area (Å²) in [5.41, 5.74) is 1.69. The fourth-order valence-corrected chi connectivity index (χ4v) is 5.23. The van der Waals surface area contributed by atoms with E-state index in [1.54, 1.807) is 24.6 Å². The molecule has 0 unspecified atom stereocenters. The number of hydrogen-bond acceptors (Lipinski definition) is 6. The van der Waals surface area contributed by atoms with E-state index in [9.17, 15) is 4.79 Å². The van der Waals surface area contributed by atoms with Gasteiger partial charge in [-0.15, -0.1) is 11.3 Å². The van der Waals surface area contributed by atoms with Gasteiger partial charge in [0.05, 0.1) is 16.1 Å². The highest BCUT2D eigenvalue weighted by atomic mass is 35.5. The normalized spacial score (nSPS) is 15.8. The second kappa shape index (κ2) is 8.88. The van der Waals surface area contributed by atoms with E-state index >= 15 is 0 Å². The van der Waals surface area contributed by atoms with Gasteiger partial charge in [0.2, 0.25) is 5.95 Å². The zero-order valence-electron chi connectivity index (χ0n) is 17.2. The third kappa shape index (κ3) is 4.43. The molecule has 0 spiro atoms. The van der Waals surface area contributed by atoms with Crippen molar-refractivity contribution in [1.82, 2.24) is 20.6 Å². The van der Waals surface area contributed by atoms with Crippen LogP contribution in [0.1, 0.15) is 36.5 Å². The van der Waals surface area contributed by atoms with E-state index in [1.165, 1.54) is 12.8 Å². The maximum atomic E-state index is 12.2. The first-order valence-corrected chi connectivity index (χ1v) is 11.4. The molecule has 3 heterocycles. The quantitative estimate of drug-likeness (QED) is 0.520. The van der Waals surface area contributed by atoms with Crippen molar-refractivity contribution in [3.8, 4) is 10.6 Å². The number of hydrogen-bond donors (Lipinski definition) is 3. The molecular formula is C22H26ClN5OS. The molecule has 8 heteroatoms. The first-order chi connectivity index (χ1) is 14.5. The van der Waals surface area contributed by atoms with E-state index in [0.717, 1.165) is 41.0 Å². The summed E-state index contributed by atoms with van der Waals surface area (Å²) >= 11 is 8.01. The van der Waals surface area contributed by atoms with Crippen LogP contribution < -0.4 is 16.0 Å². The fourth-order valence-electron chi connectivity index (χ4n) is 3.89. The van der Waals surface area contributed by atoms with Crippen molar-refractivity contribution in [2.45, 2.75) is 26.2 Å². The van der Waals surface area contributed by atoms with Crippen LogP contribution in [-0.2, 0) is 0 Å². The Morgan fingerprint density at radius 1 is 1.33 bits per heavy atom. The van der Waals surface area contributed by atoms with E-state index < -0.39 is 0 Å². The van der Waals surface area contributed by atoms with Crippen molar-refractivity contribution >= 4 is 44.9 Å². The average molecular weight is 444 g/mol. The first kappa shape index (κ1) is 21.0. The summed E-state index contributed by atoms with van der Waals surface area (Å²) in [6.07, 6.45) is 5.10. The van der Waals surface area contributed by atoms with Gasteiger partial charge in [-0.3, -0.25) is 4.79 Å². The van der Waals surface area contributed by atoms with Crippen LogP contribution >= 0.6 is 22.9 Å². The Bertz CT molecular complexity index is 1060. The molecule has 0 aliphatic carbocycles. The van der Waals surface area contributed by atoms with Gasteiger partial charge in [-0.1, -0.05) is 24.6 Å². The Morgan fingerprint density at radius 2 is 2.13 bits per heavy atom. The van der Waals surface area contributed by atoms with Crippen molar-refractivity contribution in [3.63, 3.8) is 0 Å². The smallest absolute Gasteiger partial charge is 0.251 e. The Hall–Kier alpha value is -2.22. The molecular weight excluding hydrogens is 418 g/mol. The zero-order chi connectivity index (χ0) is 21.1. The Balaban J connectivity index is 1.55. The summed E-state index contributed by atoms with van der Waals surface area (Å²) in [4.78, 5) is 22.2. The van der Waals surface area contributed by atoms with Crippen LogP contribution in [0.2, 0.25) is 5.02 Å². The Morgan fingerprint density at radius 3 is 2.90 bits per heavy atom. The van der Waals surface area contributed by atoms with Crippen molar-refractivity contribution < 1.29 is 4.79 Å². The molecule has 1 aromatic carbocycles. The molecule has 1 aliphatic rings. The van der Waals surface area contributed by atoms with Gasteiger partial charge in [-0.2, -0.15) is 0 Å². The van der Waals surface area contributed by atoms with Crippen LogP contribution in [0.15, 0.2) is 30.5 Å². The number of piperidine rings is 1. The topological polar surface area (TPSA) is 78.9 Å². The zero-order valence-corrected chi connectivity index (χ0v) is 18.8. The summed E-state index contributed by atoms with van der Waals surface area (Å²) in [7, 11) is 1.64. The molecule has 1 amide bonds. The molecule has 1 aliphatic heterocycles. The van der Waals surface area contributed by atoms with Crippen LogP contribution in [0.3, 0.4) is 0 Å². The largest absolute Gasteiger partial charge is 0.355 e. The van der Waals surface area contributed by atoms with Gasteiger partial charge in [0, 0.05) is 29.2 Å². The van der Waals surface area contributed by atoms with Gasteiger partial charge in [-0.05, 0) is 56.0 Å². The Labute approximate surface area is 185 Å². The molecule has 3 N–H and O–H groups in total. The summed E-state index contributed by atoms with van der Waals surface area (Å²) in [5.74, 6) is 0.475. The number of aromatic nitrogens is 2. The van der Waals surface area contributed by atoms with Crippen molar-refractivity contribution in [1.29, 1.82) is 0 Å². The minimum absolute atomic E-state index is 0.104. The Kier molecular flexibility index (Phi) is 6.22. The number of anilines is 1. The second-order valence-electron chi connectivity index (χ2n) is 8.03. The SMILES string of the molecule is CNC(=O)c1cccc2sc(-c3nc(NCCC4(C)CCNCC4)ncc3Cl)cc12. The highest BCUT2D eigenvalue weighted by molar-refractivity contribution is 7.22. The number of fused-ring (bicyclic) bond motifs is 1. The summed E-state index contributed by atoms with van der Waals surface area (Å²) in [6, 6.07) is 7.71. The average Bonchev–Trinajstić information content (AvgIpc) is 3.19. The molecule has 0 atom stereocenters. The number of carbonyl (C=O) groups excluding carboxylic acids is 1. The number of thiophene rings is 1. The lowest BCUT2D eigenvalue weighted by atomic mass is 9.78. The molecule has 6 nitrogen and oxygen atoms in total. The van der Waals surface area contributed by atoms with E-state index in [4.69, 9.17) is 11.6 Å². The lowest BCUT2D eigenvalue weighted by molar-refractivity contribution is 0.0964. The molecule has 2 aromatic heterocycles. The summed E-state index contributed by atoms with van der Waals surface area (Å²) in [6.45, 7) is 5.35. The molecule has 0 saturated carbocycles. The van der Waals surface area contributed by atoms with Crippen LogP contribution in [0.25, 0.3) is 20.7 Å². The van der Waals surface area contributed by atoms with Crippen molar-refractivity contribution in [2.24, 2.45) is 5.41 Å². The fraction of sp³-hybridized carbons (Fsp3) is 0.409. The standard InChI is InChI=1S/C22H26ClN5OS/c1-22(6-9-25-10-7-22)8-11-26-21-27-13-16(23)19(28-21)18-12-15-14(20(29)24-2)4-3-5-17(15)30-18/h3-5,12-13,25H,6-11H2,1-2H3,(H,24,29)(H,26,27,28). The van der Waals surface area contributed by atoms with Gasteiger partial charge >= 0.3 is 0 Å². The molecule has 1 saturated heterocycles. The van der Waals surface area contributed by atoms with E-state index in [-0.39, 0.29) is 5.91 Å². The van der Waals surface area contributed by atoms with Crippen molar-refractivity contribution in [3.05, 3.63) is 41.0 Å². The maximum absolute atomic E-state index is 12.2. The number of nitrogens with one attached hydrogen (secondary N) is 3. The highest BCUT2D eigenvalue weighted by Crippen LogP contribution is 2.37.